The predicted molar refractivity (Wildman–Crippen MR) is 133 cm³/mol. The SMILES string of the molecule is CCOc1ccccc1N(CC(=O)NC12CC3CC(CC(C3)C1)C2)S(=O)(=O)c1ccc(Cl)cc1. The van der Waals surface area contributed by atoms with Crippen LogP contribution in [-0.4, -0.2) is 33.0 Å². The third-order valence-electron chi connectivity index (χ3n) is 7.57. The number of hydrogen-bond acceptors (Lipinski definition) is 4. The Hall–Kier alpha value is -2.25. The van der Waals surface area contributed by atoms with E-state index in [-0.39, 0.29) is 22.9 Å². The summed E-state index contributed by atoms with van der Waals surface area (Å²) in [5.74, 6) is 2.19. The van der Waals surface area contributed by atoms with Crippen molar-refractivity contribution < 1.29 is 17.9 Å². The zero-order chi connectivity index (χ0) is 23.9. The number of halogens is 1. The van der Waals surface area contributed by atoms with Crippen LogP contribution in [0.15, 0.2) is 53.4 Å². The molecule has 8 heteroatoms. The van der Waals surface area contributed by atoms with Crippen LogP contribution in [0.4, 0.5) is 5.69 Å². The number of carbonyl (C=O) groups excluding carboxylic acids is 1. The molecular weight excluding hydrogens is 472 g/mol. The molecule has 4 bridgehead atoms. The van der Waals surface area contributed by atoms with E-state index in [0.29, 0.717) is 40.8 Å². The second-order valence-electron chi connectivity index (χ2n) is 10.1. The average molecular weight is 503 g/mol. The van der Waals surface area contributed by atoms with Crippen LogP contribution in [0.25, 0.3) is 0 Å². The van der Waals surface area contributed by atoms with Gasteiger partial charge in [0.25, 0.3) is 10.0 Å². The highest BCUT2D eigenvalue weighted by molar-refractivity contribution is 7.92. The second kappa shape index (κ2) is 9.08. The van der Waals surface area contributed by atoms with Gasteiger partial charge in [0.2, 0.25) is 5.91 Å². The summed E-state index contributed by atoms with van der Waals surface area (Å²) in [7, 11) is -4.04. The highest BCUT2D eigenvalue weighted by Crippen LogP contribution is 2.55. The summed E-state index contributed by atoms with van der Waals surface area (Å²) < 4.78 is 34.4. The maximum atomic E-state index is 13.7. The number of nitrogens with one attached hydrogen (secondary N) is 1. The molecule has 4 aliphatic rings. The van der Waals surface area contributed by atoms with Gasteiger partial charge in [-0.05, 0) is 99.6 Å². The van der Waals surface area contributed by atoms with E-state index in [0.717, 1.165) is 23.6 Å². The number of hydrogen-bond donors (Lipinski definition) is 1. The number of carbonyl (C=O) groups is 1. The van der Waals surface area contributed by atoms with E-state index in [1.54, 1.807) is 24.3 Å². The first-order valence-electron chi connectivity index (χ1n) is 12.1. The summed E-state index contributed by atoms with van der Waals surface area (Å²) in [4.78, 5) is 13.5. The Morgan fingerprint density at radius 3 is 2.21 bits per heavy atom. The number of benzene rings is 2. The summed E-state index contributed by atoms with van der Waals surface area (Å²) in [5, 5.41) is 3.75. The number of para-hydroxylation sites is 2. The molecule has 0 aromatic heterocycles. The number of rotatable bonds is 8. The summed E-state index contributed by atoms with van der Waals surface area (Å²) in [6.45, 7) is 1.91. The van der Waals surface area contributed by atoms with Crippen molar-refractivity contribution >= 4 is 33.2 Å². The van der Waals surface area contributed by atoms with Crippen molar-refractivity contribution in [1.82, 2.24) is 5.32 Å². The fourth-order valence-corrected chi connectivity index (χ4v) is 8.26. The standard InChI is InChI=1S/C26H31ClN2O4S/c1-2-33-24-6-4-3-5-23(24)29(34(31,32)22-9-7-21(27)8-10-22)17-25(30)28-26-14-18-11-19(15-26)13-20(12-18)16-26/h3-10,18-20H,2,11-17H2,1H3,(H,28,30). The number of anilines is 1. The van der Waals surface area contributed by atoms with Crippen molar-refractivity contribution in [3.8, 4) is 5.75 Å². The first-order chi connectivity index (χ1) is 16.3. The smallest absolute Gasteiger partial charge is 0.264 e. The second-order valence-corrected chi connectivity index (χ2v) is 12.4. The van der Waals surface area contributed by atoms with E-state index < -0.39 is 10.0 Å². The van der Waals surface area contributed by atoms with E-state index in [9.17, 15) is 13.2 Å². The minimum Gasteiger partial charge on any atom is -0.492 e. The van der Waals surface area contributed by atoms with Crippen molar-refractivity contribution in [2.24, 2.45) is 17.8 Å². The highest BCUT2D eigenvalue weighted by Gasteiger charge is 2.51. The molecule has 0 aliphatic heterocycles. The molecule has 2 aromatic carbocycles. The van der Waals surface area contributed by atoms with E-state index in [1.165, 1.54) is 43.5 Å². The molecule has 6 rings (SSSR count). The lowest BCUT2D eigenvalue weighted by Crippen LogP contribution is -2.61. The number of sulfonamides is 1. The van der Waals surface area contributed by atoms with Gasteiger partial charge < -0.3 is 10.1 Å². The Bertz CT molecular complexity index is 1130. The lowest BCUT2D eigenvalue weighted by atomic mass is 9.53. The lowest BCUT2D eigenvalue weighted by molar-refractivity contribution is -0.125. The third-order valence-corrected chi connectivity index (χ3v) is 9.59. The van der Waals surface area contributed by atoms with Crippen LogP contribution in [0.2, 0.25) is 5.02 Å². The Balaban J connectivity index is 1.45. The summed E-state index contributed by atoms with van der Waals surface area (Å²) in [6.07, 6.45) is 6.83. The lowest BCUT2D eigenvalue weighted by Gasteiger charge is -2.57. The summed E-state index contributed by atoms with van der Waals surface area (Å²) >= 11 is 5.99. The molecular formula is C26H31ClN2O4S. The van der Waals surface area contributed by atoms with E-state index >= 15 is 0 Å². The predicted octanol–water partition coefficient (Wildman–Crippen LogP) is 5.02. The van der Waals surface area contributed by atoms with E-state index in [2.05, 4.69) is 5.32 Å². The van der Waals surface area contributed by atoms with Crippen molar-refractivity contribution in [3.63, 3.8) is 0 Å². The Kier molecular flexibility index (Phi) is 6.27. The van der Waals surface area contributed by atoms with Gasteiger partial charge in [-0.25, -0.2) is 8.42 Å². The minimum atomic E-state index is -4.04. The first kappa shape index (κ1) is 23.5. The van der Waals surface area contributed by atoms with Crippen LogP contribution >= 0.6 is 11.6 Å². The van der Waals surface area contributed by atoms with Gasteiger partial charge >= 0.3 is 0 Å². The fourth-order valence-electron chi connectivity index (χ4n) is 6.70. The van der Waals surface area contributed by atoms with Crippen molar-refractivity contribution in [1.29, 1.82) is 0 Å². The molecule has 0 radical (unpaired) electrons. The molecule has 0 atom stereocenters. The Morgan fingerprint density at radius 2 is 1.62 bits per heavy atom. The average Bonchev–Trinajstić information content (AvgIpc) is 2.77. The molecule has 0 spiro atoms. The zero-order valence-electron chi connectivity index (χ0n) is 19.4. The van der Waals surface area contributed by atoms with Crippen molar-refractivity contribution in [2.75, 3.05) is 17.5 Å². The highest BCUT2D eigenvalue weighted by atomic mass is 35.5. The molecule has 6 nitrogen and oxygen atoms in total. The third kappa shape index (κ3) is 4.52. The number of amides is 1. The zero-order valence-corrected chi connectivity index (χ0v) is 20.9. The maximum Gasteiger partial charge on any atom is 0.264 e. The normalized spacial score (nSPS) is 27.4. The fraction of sp³-hybridized carbons (Fsp3) is 0.500. The minimum absolute atomic E-state index is 0.0748. The molecule has 2 aromatic rings. The van der Waals surface area contributed by atoms with Gasteiger partial charge in [-0.1, -0.05) is 23.7 Å². The van der Waals surface area contributed by atoms with Crippen LogP contribution < -0.4 is 14.4 Å². The Morgan fingerprint density at radius 1 is 1.03 bits per heavy atom. The van der Waals surface area contributed by atoms with Crippen LogP contribution in [0.3, 0.4) is 0 Å². The van der Waals surface area contributed by atoms with Crippen molar-refractivity contribution in [3.05, 3.63) is 53.6 Å². The largest absolute Gasteiger partial charge is 0.492 e. The van der Waals surface area contributed by atoms with Crippen LogP contribution in [0.5, 0.6) is 5.75 Å². The van der Waals surface area contributed by atoms with Gasteiger partial charge in [0.1, 0.15) is 12.3 Å². The van der Waals surface area contributed by atoms with Gasteiger partial charge in [0.05, 0.1) is 17.2 Å². The molecule has 0 saturated heterocycles. The quantitative estimate of drug-likeness (QED) is 0.550. The van der Waals surface area contributed by atoms with Crippen LogP contribution in [0, 0.1) is 17.8 Å². The monoisotopic (exact) mass is 502 g/mol. The van der Waals surface area contributed by atoms with Crippen LogP contribution in [0.1, 0.15) is 45.4 Å². The molecule has 4 fully saturated rings. The molecule has 34 heavy (non-hydrogen) atoms. The molecule has 4 aliphatic carbocycles. The van der Waals surface area contributed by atoms with Gasteiger partial charge in [-0.15, -0.1) is 0 Å². The van der Waals surface area contributed by atoms with Gasteiger partial charge in [-0.3, -0.25) is 9.10 Å². The topological polar surface area (TPSA) is 75.7 Å². The molecule has 1 amide bonds. The summed E-state index contributed by atoms with van der Waals surface area (Å²) in [6, 6.07) is 12.9. The van der Waals surface area contributed by atoms with Crippen LogP contribution in [-0.2, 0) is 14.8 Å². The molecule has 0 heterocycles. The van der Waals surface area contributed by atoms with Gasteiger partial charge in [-0.2, -0.15) is 0 Å². The van der Waals surface area contributed by atoms with Gasteiger partial charge in [0.15, 0.2) is 0 Å². The van der Waals surface area contributed by atoms with Gasteiger partial charge in [0, 0.05) is 10.6 Å². The van der Waals surface area contributed by atoms with Crippen molar-refractivity contribution in [2.45, 2.75) is 55.9 Å². The summed E-state index contributed by atoms with van der Waals surface area (Å²) in [5.41, 5.74) is 0.154. The number of nitrogens with zero attached hydrogens (tertiary/aromatic N) is 1. The molecule has 1 N–H and O–H groups in total. The van der Waals surface area contributed by atoms with E-state index in [4.69, 9.17) is 16.3 Å². The maximum absolute atomic E-state index is 13.7. The first-order valence-corrected chi connectivity index (χ1v) is 13.9. The molecule has 182 valence electrons. The molecule has 4 saturated carbocycles. The molecule has 0 unspecified atom stereocenters. The van der Waals surface area contributed by atoms with E-state index in [1.807, 2.05) is 6.92 Å². The number of ether oxygens (including phenoxy) is 1. The Labute approximate surface area is 206 Å².